The molecule has 0 unspecified atom stereocenters. The zero-order chi connectivity index (χ0) is 19.6. The second-order valence-electron chi connectivity index (χ2n) is 6.02. The average molecular weight is 388 g/mol. The Morgan fingerprint density at radius 1 is 1.37 bits per heavy atom. The van der Waals surface area contributed by atoms with E-state index in [0.717, 1.165) is 22.2 Å². The fourth-order valence-electron chi connectivity index (χ4n) is 2.49. The van der Waals surface area contributed by atoms with Crippen molar-refractivity contribution in [3.8, 4) is 0 Å². The molecule has 0 saturated heterocycles. The molecule has 3 aromatic rings. The Hall–Kier alpha value is -2.88. The zero-order valence-corrected chi connectivity index (χ0v) is 15.7. The SMILES string of the molecule is CSc1ccc2c(=O)n(CC(=O)Nc3ncncc3F)nc(C(C)C)c2n1. The molecule has 10 heteroatoms. The third-order valence-electron chi connectivity index (χ3n) is 3.78. The molecule has 27 heavy (non-hydrogen) atoms. The van der Waals surface area contributed by atoms with Crippen LogP contribution in [0.1, 0.15) is 25.5 Å². The molecule has 3 rings (SSSR count). The first-order chi connectivity index (χ1) is 12.9. The second-order valence-corrected chi connectivity index (χ2v) is 6.85. The number of carbonyl (C=O) groups is 1. The van der Waals surface area contributed by atoms with E-state index in [1.165, 1.54) is 11.8 Å². The molecule has 0 aliphatic heterocycles. The second kappa shape index (κ2) is 7.78. The lowest BCUT2D eigenvalue weighted by Crippen LogP contribution is -2.31. The van der Waals surface area contributed by atoms with E-state index in [-0.39, 0.29) is 18.3 Å². The number of nitrogens with zero attached hydrogens (tertiary/aromatic N) is 5. The summed E-state index contributed by atoms with van der Waals surface area (Å²) in [6, 6.07) is 3.43. The Kier molecular flexibility index (Phi) is 5.45. The van der Waals surface area contributed by atoms with Gasteiger partial charge in [-0.25, -0.2) is 24.0 Å². The normalized spacial score (nSPS) is 11.1. The minimum atomic E-state index is -0.763. The molecule has 0 saturated carbocycles. The first-order valence-corrected chi connectivity index (χ1v) is 9.34. The highest BCUT2D eigenvalue weighted by atomic mass is 32.2. The number of halogens is 1. The van der Waals surface area contributed by atoms with Crippen molar-refractivity contribution in [1.82, 2.24) is 24.7 Å². The van der Waals surface area contributed by atoms with Gasteiger partial charge in [0.2, 0.25) is 5.91 Å². The van der Waals surface area contributed by atoms with Crippen molar-refractivity contribution in [2.45, 2.75) is 31.3 Å². The summed E-state index contributed by atoms with van der Waals surface area (Å²) in [7, 11) is 0. The van der Waals surface area contributed by atoms with Gasteiger partial charge >= 0.3 is 0 Å². The van der Waals surface area contributed by atoms with Crippen molar-refractivity contribution in [2.75, 3.05) is 11.6 Å². The minimum Gasteiger partial charge on any atom is -0.307 e. The van der Waals surface area contributed by atoms with Gasteiger partial charge in [-0.15, -0.1) is 11.8 Å². The Balaban J connectivity index is 1.99. The molecule has 0 fully saturated rings. The molecule has 8 nitrogen and oxygen atoms in total. The van der Waals surface area contributed by atoms with Crippen LogP contribution in [0.5, 0.6) is 0 Å². The maximum Gasteiger partial charge on any atom is 0.276 e. The number of nitrogens with one attached hydrogen (secondary N) is 1. The van der Waals surface area contributed by atoms with E-state index in [4.69, 9.17) is 0 Å². The van der Waals surface area contributed by atoms with Gasteiger partial charge in [0.15, 0.2) is 11.6 Å². The molecular formula is C17H17FN6O2S. The molecule has 0 aliphatic rings. The topological polar surface area (TPSA) is 103 Å². The summed E-state index contributed by atoms with van der Waals surface area (Å²) in [6.07, 6.45) is 3.95. The Labute approximate surface area is 158 Å². The maximum atomic E-state index is 13.6. The number of pyridine rings is 1. The number of fused-ring (bicyclic) bond motifs is 1. The van der Waals surface area contributed by atoms with Crippen LogP contribution in [0.4, 0.5) is 10.2 Å². The van der Waals surface area contributed by atoms with Gasteiger partial charge in [0, 0.05) is 0 Å². The molecule has 140 valence electrons. The molecule has 0 bridgehead atoms. The standard InChI is InChI=1S/C17H17FN6O2S/c1-9(2)14-15-10(4-5-13(22-15)27-3)17(26)24(23-14)7-12(25)21-16-11(18)6-19-8-20-16/h4-6,8-9H,7H2,1-3H3,(H,19,20,21,25). The summed E-state index contributed by atoms with van der Waals surface area (Å²) >= 11 is 1.47. The maximum absolute atomic E-state index is 13.6. The van der Waals surface area contributed by atoms with Crippen LogP contribution in [-0.4, -0.2) is 36.9 Å². The van der Waals surface area contributed by atoms with Gasteiger partial charge in [-0.2, -0.15) is 5.10 Å². The summed E-state index contributed by atoms with van der Waals surface area (Å²) in [5.74, 6) is -1.64. The lowest BCUT2D eigenvalue weighted by atomic mass is 10.1. The number of aromatic nitrogens is 5. The van der Waals surface area contributed by atoms with Crippen LogP contribution in [0.25, 0.3) is 10.9 Å². The van der Waals surface area contributed by atoms with Gasteiger partial charge in [-0.1, -0.05) is 13.8 Å². The first-order valence-electron chi connectivity index (χ1n) is 8.11. The average Bonchev–Trinajstić information content (AvgIpc) is 2.65. The number of thioether (sulfide) groups is 1. The lowest BCUT2D eigenvalue weighted by Gasteiger charge is -2.13. The van der Waals surface area contributed by atoms with Crippen molar-refractivity contribution in [3.05, 3.63) is 46.5 Å². The number of rotatable bonds is 5. The summed E-state index contributed by atoms with van der Waals surface area (Å²) in [6.45, 7) is 3.49. The molecule has 0 atom stereocenters. The number of anilines is 1. The minimum absolute atomic E-state index is 0.00803. The highest BCUT2D eigenvalue weighted by Crippen LogP contribution is 2.22. The van der Waals surface area contributed by atoms with Crippen molar-refractivity contribution in [3.63, 3.8) is 0 Å². The predicted octanol–water partition coefficient (Wildman–Crippen LogP) is 2.20. The molecule has 3 heterocycles. The third kappa shape index (κ3) is 3.95. The Bertz CT molecular complexity index is 1070. The molecule has 0 aliphatic carbocycles. The molecule has 3 aromatic heterocycles. The van der Waals surface area contributed by atoms with Crippen LogP contribution in [-0.2, 0) is 11.3 Å². The van der Waals surface area contributed by atoms with E-state index in [1.54, 1.807) is 12.1 Å². The lowest BCUT2D eigenvalue weighted by molar-refractivity contribution is -0.117. The molecule has 1 N–H and O–H groups in total. The molecule has 0 spiro atoms. The molecule has 0 aromatic carbocycles. The van der Waals surface area contributed by atoms with Gasteiger partial charge in [0.05, 0.1) is 22.3 Å². The van der Waals surface area contributed by atoms with Gasteiger partial charge in [0.25, 0.3) is 5.56 Å². The predicted molar refractivity (Wildman–Crippen MR) is 100 cm³/mol. The third-order valence-corrected chi connectivity index (χ3v) is 4.43. The Morgan fingerprint density at radius 2 is 2.15 bits per heavy atom. The van der Waals surface area contributed by atoms with Crippen molar-refractivity contribution >= 4 is 34.4 Å². The van der Waals surface area contributed by atoms with Gasteiger partial charge in [-0.3, -0.25) is 9.59 Å². The highest BCUT2D eigenvalue weighted by Gasteiger charge is 2.17. The largest absolute Gasteiger partial charge is 0.307 e. The summed E-state index contributed by atoms with van der Waals surface area (Å²) < 4.78 is 14.6. The van der Waals surface area contributed by atoms with Crippen LogP contribution in [0.3, 0.4) is 0 Å². The monoisotopic (exact) mass is 388 g/mol. The van der Waals surface area contributed by atoms with E-state index >= 15 is 0 Å². The molecule has 1 amide bonds. The zero-order valence-electron chi connectivity index (χ0n) is 14.9. The van der Waals surface area contributed by atoms with E-state index in [9.17, 15) is 14.0 Å². The van der Waals surface area contributed by atoms with E-state index < -0.39 is 17.3 Å². The first kappa shape index (κ1) is 18.9. The summed E-state index contributed by atoms with van der Waals surface area (Å²) in [5.41, 5.74) is 0.703. The van der Waals surface area contributed by atoms with Crippen LogP contribution >= 0.6 is 11.8 Å². The van der Waals surface area contributed by atoms with E-state index in [0.29, 0.717) is 16.6 Å². The summed E-state index contributed by atoms with van der Waals surface area (Å²) in [5, 5.41) is 7.80. The highest BCUT2D eigenvalue weighted by molar-refractivity contribution is 7.98. The van der Waals surface area contributed by atoms with Crippen LogP contribution in [0.15, 0.2) is 34.5 Å². The van der Waals surface area contributed by atoms with Crippen LogP contribution in [0, 0.1) is 5.82 Å². The van der Waals surface area contributed by atoms with Crippen LogP contribution < -0.4 is 10.9 Å². The van der Waals surface area contributed by atoms with Crippen molar-refractivity contribution in [1.29, 1.82) is 0 Å². The molecular weight excluding hydrogens is 371 g/mol. The molecule has 0 radical (unpaired) electrons. The van der Waals surface area contributed by atoms with Gasteiger partial charge in [-0.05, 0) is 24.3 Å². The van der Waals surface area contributed by atoms with E-state index in [2.05, 4.69) is 25.4 Å². The van der Waals surface area contributed by atoms with Crippen LogP contribution in [0.2, 0.25) is 0 Å². The van der Waals surface area contributed by atoms with Crippen molar-refractivity contribution < 1.29 is 9.18 Å². The number of hydrogen-bond donors (Lipinski definition) is 1. The fraction of sp³-hybridized carbons (Fsp3) is 0.294. The quantitative estimate of drug-likeness (QED) is 0.669. The number of carbonyl (C=O) groups excluding carboxylic acids is 1. The summed E-state index contributed by atoms with van der Waals surface area (Å²) in [4.78, 5) is 36.6. The number of hydrogen-bond acceptors (Lipinski definition) is 7. The van der Waals surface area contributed by atoms with Crippen molar-refractivity contribution in [2.24, 2.45) is 0 Å². The smallest absolute Gasteiger partial charge is 0.276 e. The van der Waals surface area contributed by atoms with Gasteiger partial charge < -0.3 is 5.32 Å². The Morgan fingerprint density at radius 3 is 2.81 bits per heavy atom. The van der Waals surface area contributed by atoms with Gasteiger partial charge in [0.1, 0.15) is 18.4 Å². The van der Waals surface area contributed by atoms with E-state index in [1.807, 2.05) is 20.1 Å². The fourth-order valence-corrected chi connectivity index (χ4v) is 2.88. The number of amides is 1.